The third-order valence-corrected chi connectivity index (χ3v) is 3.60. The van der Waals surface area contributed by atoms with Crippen LogP contribution < -0.4 is 0 Å². The molecular formula is C14H18F2N2O. The molecule has 0 spiro atoms. The molecule has 1 aliphatic rings. The average molecular weight is 268 g/mol. The number of hydrogen-bond donors (Lipinski definition) is 0. The second-order valence-electron chi connectivity index (χ2n) is 5.14. The molecule has 19 heavy (non-hydrogen) atoms. The second kappa shape index (κ2) is 5.75. The molecule has 1 unspecified atom stereocenters. The predicted octanol–water partition coefficient (Wildman–Crippen LogP) is 1.32. The Morgan fingerprint density at radius 3 is 2.79 bits per heavy atom. The van der Waals surface area contributed by atoms with Crippen LogP contribution in [-0.4, -0.2) is 55.4 Å². The molecule has 2 rings (SSSR count). The molecule has 1 aromatic rings. The number of carbonyl (C=O) groups excluding carboxylic acids is 1. The van der Waals surface area contributed by atoms with Gasteiger partial charge >= 0.3 is 0 Å². The van der Waals surface area contributed by atoms with Gasteiger partial charge in [-0.3, -0.25) is 9.69 Å². The van der Waals surface area contributed by atoms with E-state index in [1.54, 1.807) is 0 Å². The number of piperazine rings is 1. The summed E-state index contributed by atoms with van der Waals surface area (Å²) >= 11 is 0. The molecule has 1 atom stereocenters. The van der Waals surface area contributed by atoms with Crippen LogP contribution in [0.1, 0.15) is 5.56 Å². The van der Waals surface area contributed by atoms with E-state index in [0.717, 1.165) is 31.3 Å². The molecule has 0 bridgehead atoms. The molecule has 0 N–H and O–H groups in total. The van der Waals surface area contributed by atoms with E-state index in [4.69, 9.17) is 0 Å². The minimum absolute atomic E-state index is 0.0631. The highest BCUT2D eigenvalue weighted by molar-refractivity contribution is 5.86. The number of rotatable bonds is 3. The van der Waals surface area contributed by atoms with Crippen molar-refractivity contribution in [3.8, 4) is 0 Å². The molecule has 0 saturated carbocycles. The van der Waals surface area contributed by atoms with Gasteiger partial charge in [-0.1, -0.05) is 0 Å². The largest absolute Gasteiger partial charge is 0.303 e. The Bertz CT molecular complexity index is 479. The molecular weight excluding hydrogens is 250 g/mol. The Morgan fingerprint density at radius 1 is 1.32 bits per heavy atom. The Hall–Kier alpha value is -1.33. The molecule has 1 fully saturated rings. The van der Waals surface area contributed by atoms with Crippen LogP contribution in [0.15, 0.2) is 18.2 Å². The first kappa shape index (κ1) is 14.1. The molecule has 5 heteroatoms. The van der Waals surface area contributed by atoms with E-state index < -0.39 is 11.6 Å². The van der Waals surface area contributed by atoms with Gasteiger partial charge < -0.3 is 4.90 Å². The van der Waals surface area contributed by atoms with Crippen molar-refractivity contribution in [2.45, 2.75) is 12.5 Å². The molecule has 0 aromatic heterocycles. The van der Waals surface area contributed by atoms with Crippen molar-refractivity contribution >= 4 is 5.78 Å². The Morgan fingerprint density at radius 2 is 2.05 bits per heavy atom. The van der Waals surface area contributed by atoms with Crippen molar-refractivity contribution in [3.63, 3.8) is 0 Å². The molecule has 104 valence electrons. The molecule has 1 heterocycles. The molecule has 3 nitrogen and oxygen atoms in total. The standard InChI is InChI=1S/C14H18F2N2O/c1-17-5-6-18(2)13(9-17)14(19)8-10-7-11(15)3-4-12(10)16/h3-4,7,13H,5-6,8-9H2,1-2H3. The summed E-state index contributed by atoms with van der Waals surface area (Å²) in [7, 11) is 3.84. The van der Waals surface area contributed by atoms with Crippen molar-refractivity contribution in [2.24, 2.45) is 0 Å². The van der Waals surface area contributed by atoms with Crippen LogP contribution in [-0.2, 0) is 11.2 Å². The summed E-state index contributed by atoms with van der Waals surface area (Å²) in [5.41, 5.74) is 0.131. The lowest BCUT2D eigenvalue weighted by Gasteiger charge is -2.36. The highest BCUT2D eigenvalue weighted by atomic mass is 19.1. The number of benzene rings is 1. The van der Waals surface area contributed by atoms with Gasteiger partial charge in [-0.25, -0.2) is 8.78 Å². The zero-order chi connectivity index (χ0) is 14.0. The van der Waals surface area contributed by atoms with Gasteiger partial charge in [0.1, 0.15) is 11.6 Å². The molecule has 1 saturated heterocycles. The predicted molar refractivity (Wildman–Crippen MR) is 69.0 cm³/mol. The fourth-order valence-electron chi connectivity index (χ4n) is 2.34. The van der Waals surface area contributed by atoms with Gasteiger partial charge in [0.15, 0.2) is 5.78 Å². The summed E-state index contributed by atoms with van der Waals surface area (Å²) in [5, 5.41) is 0. The number of carbonyl (C=O) groups is 1. The van der Waals surface area contributed by atoms with Crippen LogP contribution in [0.2, 0.25) is 0 Å². The molecule has 0 radical (unpaired) electrons. The minimum Gasteiger partial charge on any atom is -0.303 e. The maximum Gasteiger partial charge on any atom is 0.155 e. The number of ketones is 1. The second-order valence-corrected chi connectivity index (χ2v) is 5.14. The van der Waals surface area contributed by atoms with Crippen molar-refractivity contribution in [1.82, 2.24) is 9.80 Å². The number of Topliss-reactive ketones (excluding diaryl/α,β-unsaturated/α-hetero) is 1. The number of hydrogen-bond acceptors (Lipinski definition) is 3. The lowest BCUT2D eigenvalue weighted by Crippen LogP contribution is -2.53. The van der Waals surface area contributed by atoms with Gasteiger partial charge in [0.05, 0.1) is 6.04 Å². The van der Waals surface area contributed by atoms with E-state index in [0.29, 0.717) is 6.54 Å². The van der Waals surface area contributed by atoms with Gasteiger partial charge in [-0.05, 0) is 37.9 Å². The van der Waals surface area contributed by atoms with Gasteiger partial charge in [0.2, 0.25) is 0 Å². The third kappa shape index (κ3) is 3.36. The molecule has 0 aliphatic carbocycles. The topological polar surface area (TPSA) is 23.6 Å². The SMILES string of the molecule is CN1CCN(C)C(C(=O)Cc2cc(F)ccc2F)C1. The van der Waals surface area contributed by atoms with Crippen LogP contribution >= 0.6 is 0 Å². The zero-order valence-corrected chi connectivity index (χ0v) is 11.2. The summed E-state index contributed by atoms with van der Waals surface area (Å²) in [6, 6.07) is 2.97. The molecule has 0 amide bonds. The van der Waals surface area contributed by atoms with Crippen molar-refractivity contribution in [2.75, 3.05) is 33.7 Å². The highest BCUT2D eigenvalue weighted by Crippen LogP contribution is 2.14. The first-order valence-electron chi connectivity index (χ1n) is 6.33. The molecule has 1 aromatic carbocycles. The van der Waals surface area contributed by atoms with Crippen LogP contribution in [0.25, 0.3) is 0 Å². The van der Waals surface area contributed by atoms with Crippen LogP contribution in [0.4, 0.5) is 8.78 Å². The summed E-state index contributed by atoms with van der Waals surface area (Å²) in [6.07, 6.45) is -0.0631. The average Bonchev–Trinajstić information content (AvgIpc) is 2.36. The van der Waals surface area contributed by atoms with Crippen molar-refractivity contribution < 1.29 is 13.6 Å². The van der Waals surface area contributed by atoms with E-state index in [9.17, 15) is 13.6 Å². The highest BCUT2D eigenvalue weighted by Gasteiger charge is 2.28. The quantitative estimate of drug-likeness (QED) is 0.826. The third-order valence-electron chi connectivity index (χ3n) is 3.60. The fourth-order valence-corrected chi connectivity index (χ4v) is 2.34. The van der Waals surface area contributed by atoms with Gasteiger partial charge in [-0.2, -0.15) is 0 Å². The number of nitrogens with zero attached hydrogens (tertiary/aromatic N) is 2. The summed E-state index contributed by atoms with van der Waals surface area (Å²) in [6.45, 7) is 2.35. The van der Waals surface area contributed by atoms with Crippen LogP contribution in [0.3, 0.4) is 0 Å². The van der Waals surface area contributed by atoms with E-state index in [1.807, 2.05) is 19.0 Å². The minimum atomic E-state index is -0.526. The lowest BCUT2D eigenvalue weighted by molar-refractivity contribution is -0.125. The smallest absolute Gasteiger partial charge is 0.155 e. The zero-order valence-electron chi connectivity index (χ0n) is 11.2. The maximum atomic E-state index is 13.5. The van der Waals surface area contributed by atoms with Crippen molar-refractivity contribution in [1.29, 1.82) is 0 Å². The van der Waals surface area contributed by atoms with E-state index >= 15 is 0 Å². The van der Waals surface area contributed by atoms with E-state index in [2.05, 4.69) is 4.90 Å². The van der Waals surface area contributed by atoms with E-state index in [1.165, 1.54) is 0 Å². The summed E-state index contributed by atoms with van der Waals surface area (Å²) < 4.78 is 26.6. The summed E-state index contributed by atoms with van der Waals surface area (Å²) in [4.78, 5) is 16.3. The van der Waals surface area contributed by atoms with Gasteiger partial charge in [0.25, 0.3) is 0 Å². The van der Waals surface area contributed by atoms with Crippen LogP contribution in [0.5, 0.6) is 0 Å². The lowest BCUT2D eigenvalue weighted by atomic mass is 10.0. The summed E-state index contributed by atoms with van der Waals surface area (Å²) in [5.74, 6) is -1.11. The first-order chi connectivity index (χ1) is 8.97. The Kier molecular flexibility index (Phi) is 4.27. The monoisotopic (exact) mass is 268 g/mol. The first-order valence-corrected chi connectivity index (χ1v) is 6.33. The number of likely N-dealkylation sites (N-methyl/N-ethyl adjacent to an activating group) is 2. The van der Waals surface area contributed by atoms with Gasteiger partial charge in [0, 0.05) is 26.1 Å². The normalized spacial score (nSPS) is 21.6. The van der Waals surface area contributed by atoms with Gasteiger partial charge in [-0.15, -0.1) is 0 Å². The molecule has 1 aliphatic heterocycles. The Labute approximate surface area is 111 Å². The fraction of sp³-hybridized carbons (Fsp3) is 0.500. The maximum absolute atomic E-state index is 13.5. The van der Waals surface area contributed by atoms with Crippen molar-refractivity contribution in [3.05, 3.63) is 35.4 Å². The van der Waals surface area contributed by atoms with Crippen LogP contribution in [0, 0.1) is 11.6 Å². The van der Waals surface area contributed by atoms with E-state index in [-0.39, 0.29) is 23.8 Å². The number of halogens is 2. The Balaban J connectivity index is 2.09.